The summed E-state index contributed by atoms with van der Waals surface area (Å²) < 4.78 is 1.95. The summed E-state index contributed by atoms with van der Waals surface area (Å²) in [5, 5.41) is 11.0. The average molecular weight is 511 g/mol. The molecule has 1 saturated heterocycles. The minimum Gasteiger partial charge on any atom is -0.356 e. The molecule has 0 spiro atoms. The first kappa shape index (κ1) is 23.6. The van der Waals surface area contributed by atoms with Crippen molar-refractivity contribution in [2.75, 3.05) is 52.9 Å². The van der Waals surface area contributed by atoms with E-state index in [1.54, 1.807) is 0 Å². The molecule has 7 nitrogen and oxygen atoms in total. The maximum absolute atomic E-state index is 4.31. The predicted molar refractivity (Wildman–Crippen MR) is 130 cm³/mol. The van der Waals surface area contributed by atoms with E-state index in [0.29, 0.717) is 0 Å². The number of benzene rings is 1. The SMILES string of the molecule is CN=C(NCCCn1cccn1)NCCN1CCN(Cc2ccccc2)CC1.I. The van der Waals surface area contributed by atoms with Gasteiger partial charge in [-0.2, -0.15) is 5.10 Å². The fraction of sp³-hybridized carbons (Fsp3) is 0.524. The molecule has 0 unspecified atom stereocenters. The number of hydrogen-bond donors (Lipinski definition) is 2. The summed E-state index contributed by atoms with van der Waals surface area (Å²) in [4.78, 5) is 9.38. The van der Waals surface area contributed by atoms with Crippen molar-refractivity contribution >= 4 is 29.9 Å². The van der Waals surface area contributed by atoms with Gasteiger partial charge in [-0.05, 0) is 18.1 Å². The Labute approximate surface area is 191 Å². The Hall–Kier alpha value is -1.65. The van der Waals surface area contributed by atoms with Crippen LogP contribution < -0.4 is 10.6 Å². The Morgan fingerprint density at radius 3 is 2.38 bits per heavy atom. The largest absolute Gasteiger partial charge is 0.356 e. The van der Waals surface area contributed by atoms with E-state index < -0.39 is 0 Å². The molecule has 0 aliphatic carbocycles. The number of hydrogen-bond acceptors (Lipinski definition) is 4. The first-order valence-corrected chi connectivity index (χ1v) is 10.2. The zero-order valence-electron chi connectivity index (χ0n) is 17.3. The lowest BCUT2D eigenvalue weighted by Crippen LogP contribution is -2.49. The maximum atomic E-state index is 4.31. The van der Waals surface area contributed by atoms with E-state index >= 15 is 0 Å². The van der Waals surface area contributed by atoms with E-state index in [4.69, 9.17) is 0 Å². The van der Waals surface area contributed by atoms with Gasteiger partial charge in [0.05, 0.1) is 0 Å². The molecule has 8 heteroatoms. The number of nitrogens with zero attached hydrogens (tertiary/aromatic N) is 5. The molecule has 0 atom stereocenters. The molecule has 1 aliphatic heterocycles. The summed E-state index contributed by atoms with van der Waals surface area (Å²) in [6, 6.07) is 12.7. The van der Waals surface area contributed by atoms with E-state index in [1.165, 1.54) is 5.56 Å². The highest BCUT2D eigenvalue weighted by Crippen LogP contribution is 2.07. The van der Waals surface area contributed by atoms with E-state index in [1.807, 2.05) is 30.2 Å². The lowest BCUT2D eigenvalue weighted by molar-refractivity contribution is 0.129. The van der Waals surface area contributed by atoms with E-state index in [-0.39, 0.29) is 24.0 Å². The molecule has 1 fully saturated rings. The molecule has 29 heavy (non-hydrogen) atoms. The van der Waals surface area contributed by atoms with Crippen molar-refractivity contribution in [2.24, 2.45) is 4.99 Å². The van der Waals surface area contributed by atoms with Crippen LogP contribution in [0.5, 0.6) is 0 Å². The molecule has 1 aliphatic rings. The molecule has 0 amide bonds. The lowest BCUT2D eigenvalue weighted by atomic mass is 10.2. The molecule has 1 aromatic carbocycles. The fourth-order valence-electron chi connectivity index (χ4n) is 3.45. The Balaban J connectivity index is 0.00000300. The van der Waals surface area contributed by atoms with Crippen molar-refractivity contribution < 1.29 is 0 Å². The molecule has 0 bridgehead atoms. The monoisotopic (exact) mass is 511 g/mol. The zero-order chi connectivity index (χ0) is 19.4. The van der Waals surface area contributed by atoms with Gasteiger partial charge in [0.15, 0.2) is 5.96 Å². The van der Waals surface area contributed by atoms with Crippen LogP contribution in [0.4, 0.5) is 0 Å². The molecular formula is C21H34IN7. The molecule has 2 aromatic rings. The highest BCUT2D eigenvalue weighted by molar-refractivity contribution is 14.0. The molecule has 0 saturated carbocycles. The smallest absolute Gasteiger partial charge is 0.191 e. The van der Waals surface area contributed by atoms with E-state index in [9.17, 15) is 0 Å². The Morgan fingerprint density at radius 1 is 0.966 bits per heavy atom. The van der Waals surface area contributed by atoms with Gasteiger partial charge < -0.3 is 10.6 Å². The molecule has 2 heterocycles. The summed E-state index contributed by atoms with van der Waals surface area (Å²) in [7, 11) is 1.82. The molecule has 160 valence electrons. The van der Waals surface area contributed by atoms with E-state index in [0.717, 1.165) is 71.3 Å². The third-order valence-electron chi connectivity index (χ3n) is 5.07. The first-order valence-electron chi connectivity index (χ1n) is 10.2. The third-order valence-corrected chi connectivity index (χ3v) is 5.07. The van der Waals surface area contributed by atoms with Crippen LogP contribution in [0.15, 0.2) is 53.8 Å². The van der Waals surface area contributed by atoms with Gasteiger partial charge in [0, 0.05) is 78.3 Å². The van der Waals surface area contributed by atoms with Gasteiger partial charge in [0.2, 0.25) is 0 Å². The summed E-state index contributed by atoms with van der Waals surface area (Å²) in [5.41, 5.74) is 1.40. The third kappa shape index (κ3) is 8.71. The number of guanidine groups is 1. The quantitative estimate of drug-likeness (QED) is 0.233. The molecule has 3 rings (SSSR count). The van der Waals surface area contributed by atoms with Crippen molar-refractivity contribution in [3.8, 4) is 0 Å². The fourth-order valence-corrected chi connectivity index (χ4v) is 3.45. The van der Waals surface area contributed by atoms with Gasteiger partial charge >= 0.3 is 0 Å². The zero-order valence-corrected chi connectivity index (χ0v) is 19.7. The lowest BCUT2D eigenvalue weighted by Gasteiger charge is -2.34. The van der Waals surface area contributed by atoms with Crippen LogP contribution in [0.2, 0.25) is 0 Å². The van der Waals surface area contributed by atoms with E-state index in [2.05, 4.69) is 60.9 Å². The normalized spacial score (nSPS) is 15.7. The second-order valence-electron chi connectivity index (χ2n) is 7.15. The Morgan fingerprint density at radius 2 is 1.69 bits per heavy atom. The number of aromatic nitrogens is 2. The van der Waals surface area contributed by atoms with Crippen LogP contribution in [-0.4, -0.2) is 78.4 Å². The number of nitrogens with one attached hydrogen (secondary N) is 2. The minimum absolute atomic E-state index is 0. The van der Waals surface area contributed by atoms with Crippen LogP contribution in [-0.2, 0) is 13.1 Å². The van der Waals surface area contributed by atoms with Crippen molar-refractivity contribution in [1.82, 2.24) is 30.2 Å². The number of piperazine rings is 1. The van der Waals surface area contributed by atoms with Crippen molar-refractivity contribution in [2.45, 2.75) is 19.5 Å². The molecule has 0 radical (unpaired) electrons. The second kappa shape index (κ2) is 13.6. The summed E-state index contributed by atoms with van der Waals surface area (Å²) >= 11 is 0. The topological polar surface area (TPSA) is 60.7 Å². The summed E-state index contributed by atoms with van der Waals surface area (Å²) in [6.07, 6.45) is 4.83. The Kier molecular flexibility index (Phi) is 11.0. The van der Waals surface area contributed by atoms with Gasteiger partial charge in [-0.25, -0.2) is 0 Å². The molecule has 2 N–H and O–H groups in total. The number of halogens is 1. The highest BCUT2D eigenvalue weighted by Gasteiger charge is 2.16. The van der Waals surface area contributed by atoms with Crippen LogP contribution in [0.25, 0.3) is 0 Å². The van der Waals surface area contributed by atoms with Crippen LogP contribution in [0.1, 0.15) is 12.0 Å². The summed E-state index contributed by atoms with van der Waals surface area (Å²) in [6.45, 7) is 9.36. The van der Waals surface area contributed by atoms with Crippen LogP contribution in [0.3, 0.4) is 0 Å². The first-order chi connectivity index (χ1) is 13.8. The van der Waals surface area contributed by atoms with Gasteiger partial charge in [0.25, 0.3) is 0 Å². The number of rotatable bonds is 9. The number of aryl methyl sites for hydroxylation is 1. The van der Waals surface area contributed by atoms with Crippen LogP contribution in [0, 0.1) is 0 Å². The minimum atomic E-state index is 0. The van der Waals surface area contributed by atoms with Crippen molar-refractivity contribution in [3.05, 3.63) is 54.4 Å². The number of aliphatic imine (C=N–C) groups is 1. The average Bonchev–Trinajstić information content (AvgIpc) is 3.25. The van der Waals surface area contributed by atoms with Crippen molar-refractivity contribution in [1.29, 1.82) is 0 Å². The van der Waals surface area contributed by atoms with Crippen molar-refractivity contribution in [3.63, 3.8) is 0 Å². The van der Waals surface area contributed by atoms with Gasteiger partial charge in [-0.3, -0.25) is 19.5 Å². The predicted octanol–water partition coefficient (Wildman–Crippen LogP) is 1.87. The standard InChI is InChI=1S/C21H33N7.HI/c1-22-21(23-9-5-12-28-13-6-10-25-28)24-11-14-26-15-17-27(18-16-26)19-20-7-3-2-4-8-20;/h2-4,6-8,10,13H,5,9,11-12,14-19H2,1H3,(H2,22,23,24);1H. The summed E-state index contributed by atoms with van der Waals surface area (Å²) in [5.74, 6) is 0.878. The highest BCUT2D eigenvalue weighted by atomic mass is 127. The van der Waals surface area contributed by atoms with Gasteiger partial charge in [0.1, 0.15) is 0 Å². The van der Waals surface area contributed by atoms with Gasteiger partial charge in [-0.15, -0.1) is 24.0 Å². The van der Waals surface area contributed by atoms with Crippen LogP contribution >= 0.6 is 24.0 Å². The van der Waals surface area contributed by atoms with Gasteiger partial charge in [-0.1, -0.05) is 30.3 Å². The molecular weight excluding hydrogens is 477 g/mol. The second-order valence-corrected chi connectivity index (χ2v) is 7.15. The molecule has 1 aromatic heterocycles. The Bertz CT molecular complexity index is 682. The maximum Gasteiger partial charge on any atom is 0.191 e.